The molecule has 0 N–H and O–H groups in total. The Morgan fingerprint density at radius 2 is 1.50 bits per heavy atom. The van der Waals surface area contributed by atoms with E-state index in [-0.39, 0.29) is 8.80 Å². The summed E-state index contributed by atoms with van der Waals surface area (Å²) in [6, 6.07) is 4.46. The number of rotatable bonds is 4. The maximum Gasteiger partial charge on any atom is 0.0473 e. The fraction of sp³-hybridized carbons (Fsp3) is 1.00. The minimum atomic E-state index is 0.126. The van der Waals surface area contributed by atoms with E-state index in [9.17, 15) is 0 Å². The molecule has 0 aliphatic carbocycles. The van der Waals surface area contributed by atoms with Gasteiger partial charge in [0.15, 0.2) is 0 Å². The lowest BCUT2D eigenvalue weighted by Gasteiger charge is -2.05. The van der Waals surface area contributed by atoms with E-state index in [1.165, 1.54) is 24.6 Å². The van der Waals surface area contributed by atoms with Gasteiger partial charge in [-0.25, -0.2) is 0 Å². The average molecular weight is 129 g/mol. The molecule has 0 aromatic rings. The van der Waals surface area contributed by atoms with Crippen molar-refractivity contribution in [2.75, 3.05) is 0 Å². The van der Waals surface area contributed by atoms with Crippen LogP contribution in [0.25, 0.3) is 0 Å². The molecule has 0 spiro atoms. The largest absolute Gasteiger partial charge is 0.0680 e. The van der Waals surface area contributed by atoms with Crippen molar-refractivity contribution in [3.63, 3.8) is 0 Å². The van der Waals surface area contributed by atoms with Gasteiger partial charge in [-0.05, 0) is 0 Å². The topological polar surface area (TPSA) is 0 Å². The van der Waals surface area contributed by atoms with Gasteiger partial charge in [-0.15, -0.1) is 0 Å². The summed E-state index contributed by atoms with van der Waals surface area (Å²) in [5.41, 5.74) is 0. The minimum absolute atomic E-state index is 0.126. The molecule has 0 saturated heterocycles. The fourth-order valence-corrected chi connectivity index (χ4v) is 2.87. The Kier molecular flexibility index (Phi) is 5.50. The van der Waals surface area contributed by atoms with Crippen molar-refractivity contribution in [1.29, 1.82) is 0 Å². The van der Waals surface area contributed by atoms with Crippen LogP contribution in [0.15, 0.2) is 0 Å². The molecule has 49 valence electrons. The van der Waals surface area contributed by atoms with Crippen LogP contribution in [0.4, 0.5) is 0 Å². The Labute approximate surface area is 54.9 Å². The number of hydrogen-bond donors (Lipinski definition) is 0. The summed E-state index contributed by atoms with van der Waals surface area (Å²) >= 11 is 0. The standard InChI is InChI=1S/C7H17Si/c1-4-7-8(5-2)6-3/h4-7H2,1-3H3. The van der Waals surface area contributed by atoms with Crippen LogP contribution in [-0.2, 0) is 0 Å². The van der Waals surface area contributed by atoms with Gasteiger partial charge in [-0.2, -0.15) is 0 Å². The summed E-state index contributed by atoms with van der Waals surface area (Å²) in [5.74, 6) is 0. The third-order valence-electron chi connectivity index (χ3n) is 1.60. The van der Waals surface area contributed by atoms with Crippen LogP contribution in [0.5, 0.6) is 0 Å². The normalized spacial score (nSPS) is 10.5. The van der Waals surface area contributed by atoms with Gasteiger partial charge in [-0.1, -0.05) is 45.3 Å². The van der Waals surface area contributed by atoms with Crippen LogP contribution in [0.3, 0.4) is 0 Å². The average Bonchev–Trinajstić information content (AvgIpc) is 1.83. The highest BCUT2D eigenvalue weighted by Gasteiger charge is 2.01. The summed E-state index contributed by atoms with van der Waals surface area (Å²) in [6.45, 7) is 6.94. The lowest BCUT2D eigenvalue weighted by atomic mass is 10.6. The van der Waals surface area contributed by atoms with Gasteiger partial charge in [-0.3, -0.25) is 0 Å². The van der Waals surface area contributed by atoms with Gasteiger partial charge in [0.2, 0.25) is 0 Å². The van der Waals surface area contributed by atoms with Gasteiger partial charge in [0, 0.05) is 8.80 Å². The fourth-order valence-electron chi connectivity index (χ4n) is 0.957. The van der Waals surface area contributed by atoms with Crippen LogP contribution in [0, 0.1) is 0 Å². The van der Waals surface area contributed by atoms with Gasteiger partial charge < -0.3 is 0 Å². The Morgan fingerprint density at radius 1 is 1.00 bits per heavy atom. The smallest absolute Gasteiger partial charge is 0.0473 e. The highest BCUT2D eigenvalue weighted by Crippen LogP contribution is 2.05. The van der Waals surface area contributed by atoms with Crippen LogP contribution >= 0.6 is 0 Å². The second kappa shape index (κ2) is 5.36. The van der Waals surface area contributed by atoms with Crippen LogP contribution in [0.1, 0.15) is 27.2 Å². The minimum Gasteiger partial charge on any atom is -0.0680 e. The lowest BCUT2D eigenvalue weighted by Crippen LogP contribution is -2.06. The Morgan fingerprint density at radius 3 is 1.62 bits per heavy atom. The van der Waals surface area contributed by atoms with E-state index < -0.39 is 0 Å². The summed E-state index contributed by atoms with van der Waals surface area (Å²) < 4.78 is 0. The molecule has 0 atom stereocenters. The van der Waals surface area contributed by atoms with E-state index in [1.807, 2.05) is 0 Å². The molecule has 0 aliphatic rings. The van der Waals surface area contributed by atoms with Gasteiger partial charge >= 0.3 is 0 Å². The predicted molar refractivity (Wildman–Crippen MR) is 41.8 cm³/mol. The van der Waals surface area contributed by atoms with E-state index in [0.717, 1.165) is 0 Å². The summed E-state index contributed by atoms with van der Waals surface area (Å²) in [5, 5.41) is 0. The van der Waals surface area contributed by atoms with Crippen LogP contribution in [-0.4, -0.2) is 8.80 Å². The Balaban J connectivity index is 3.07. The molecule has 0 heterocycles. The van der Waals surface area contributed by atoms with E-state index in [0.29, 0.717) is 0 Å². The second-order valence-electron chi connectivity index (χ2n) is 2.21. The maximum absolute atomic E-state index is 2.33. The highest BCUT2D eigenvalue weighted by atomic mass is 28.3. The van der Waals surface area contributed by atoms with E-state index >= 15 is 0 Å². The second-order valence-corrected chi connectivity index (χ2v) is 5.62. The first-order chi connectivity index (χ1) is 3.85. The molecule has 0 aliphatic heterocycles. The first-order valence-electron chi connectivity index (χ1n) is 3.68. The SMILES string of the molecule is CCC[Si](CC)CC. The van der Waals surface area contributed by atoms with E-state index in [4.69, 9.17) is 0 Å². The highest BCUT2D eigenvalue weighted by molar-refractivity contribution is 6.58. The zero-order valence-electron chi connectivity index (χ0n) is 6.33. The lowest BCUT2D eigenvalue weighted by molar-refractivity contribution is 1.04. The molecule has 0 rings (SSSR count). The summed E-state index contributed by atoms with van der Waals surface area (Å²) in [4.78, 5) is 0. The Hall–Kier alpha value is 0.217. The van der Waals surface area contributed by atoms with Crippen molar-refractivity contribution in [3.8, 4) is 0 Å². The van der Waals surface area contributed by atoms with Crippen molar-refractivity contribution in [3.05, 3.63) is 0 Å². The van der Waals surface area contributed by atoms with Crippen molar-refractivity contribution < 1.29 is 0 Å². The zero-order valence-corrected chi connectivity index (χ0v) is 7.33. The molecule has 0 unspecified atom stereocenters. The summed E-state index contributed by atoms with van der Waals surface area (Å²) in [6.07, 6.45) is 1.40. The van der Waals surface area contributed by atoms with Gasteiger partial charge in [0.1, 0.15) is 0 Å². The molecule has 1 radical (unpaired) electrons. The first kappa shape index (κ1) is 8.22. The van der Waals surface area contributed by atoms with Crippen molar-refractivity contribution in [2.24, 2.45) is 0 Å². The molecular formula is C7H17Si. The molecule has 0 saturated carbocycles. The molecule has 0 fully saturated rings. The van der Waals surface area contributed by atoms with Gasteiger partial charge in [0.25, 0.3) is 0 Å². The number of hydrogen-bond acceptors (Lipinski definition) is 0. The molecule has 1 heteroatoms. The molecule has 8 heavy (non-hydrogen) atoms. The third-order valence-corrected chi connectivity index (χ3v) is 4.81. The molecule has 0 bridgehead atoms. The molecule has 0 nitrogen and oxygen atoms in total. The molecule has 0 aromatic carbocycles. The van der Waals surface area contributed by atoms with Crippen molar-refractivity contribution >= 4 is 8.80 Å². The monoisotopic (exact) mass is 129 g/mol. The quantitative estimate of drug-likeness (QED) is 0.512. The molecular weight excluding hydrogens is 112 g/mol. The Bertz CT molecular complexity index is 39.7. The van der Waals surface area contributed by atoms with Crippen molar-refractivity contribution in [1.82, 2.24) is 0 Å². The molecule has 0 aromatic heterocycles. The van der Waals surface area contributed by atoms with E-state index in [2.05, 4.69) is 20.8 Å². The van der Waals surface area contributed by atoms with Crippen molar-refractivity contribution in [2.45, 2.75) is 45.3 Å². The van der Waals surface area contributed by atoms with Crippen LogP contribution in [0.2, 0.25) is 18.1 Å². The van der Waals surface area contributed by atoms with E-state index in [1.54, 1.807) is 0 Å². The predicted octanol–water partition coefficient (Wildman–Crippen LogP) is 2.93. The third kappa shape index (κ3) is 3.25. The summed E-state index contributed by atoms with van der Waals surface area (Å²) in [7, 11) is 0.126. The van der Waals surface area contributed by atoms with Gasteiger partial charge in [0.05, 0.1) is 0 Å². The molecule has 0 amide bonds. The first-order valence-corrected chi connectivity index (χ1v) is 5.80. The van der Waals surface area contributed by atoms with Crippen LogP contribution < -0.4 is 0 Å². The zero-order chi connectivity index (χ0) is 6.41. The maximum atomic E-state index is 2.33.